The number of methoxy groups -OCH3 is 1. The van der Waals surface area contributed by atoms with Crippen LogP contribution in [0.1, 0.15) is 39.0 Å². The maximum absolute atomic E-state index is 13.6. The number of halogens is 1. The van der Waals surface area contributed by atoms with Gasteiger partial charge in [0, 0.05) is 24.7 Å². The quantitative estimate of drug-likeness (QED) is 0.847. The number of nitrogens with two attached hydrogens (primary N) is 1. The molecular formula is C15H23FN2O. The van der Waals surface area contributed by atoms with Crippen molar-refractivity contribution < 1.29 is 9.13 Å². The molecule has 19 heavy (non-hydrogen) atoms. The fourth-order valence-electron chi connectivity index (χ4n) is 2.91. The van der Waals surface area contributed by atoms with Crippen molar-refractivity contribution in [3.05, 3.63) is 17.9 Å². The van der Waals surface area contributed by atoms with Gasteiger partial charge in [-0.15, -0.1) is 0 Å². The number of ether oxygens (including phenoxy) is 1. The summed E-state index contributed by atoms with van der Waals surface area (Å²) in [5.41, 5.74) is 7.41. The zero-order valence-electron chi connectivity index (χ0n) is 11.8. The van der Waals surface area contributed by atoms with Crippen molar-refractivity contribution in [2.24, 2.45) is 0 Å². The molecule has 1 aliphatic heterocycles. The molecule has 1 aromatic rings. The van der Waals surface area contributed by atoms with Crippen molar-refractivity contribution in [1.29, 1.82) is 0 Å². The number of hydrogen-bond donors (Lipinski definition) is 1. The lowest BCUT2D eigenvalue weighted by Crippen LogP contribution is -2.39. The van der Waals surface area contributed by atoms with E-state index in [9.17, 15) is 4.39 Å². The zero-order chi connectivity index (χ0) is 13.8. The van der Waals surface area contributed by atoms with E-state index in [1.807, 2.05) is 0 Å². The molecule has 0 aliphatic carbocycles. The molecule has 3 nitrogen and oxygen atoms in total. The van der Waals surface area contributed by atoms with Crippen molar-refractivity contribution >= 4 is 11.4 Å². The van der Waals surface area contributed by atoms with Crippen LogP contribution in [0.2, 0.25) is 0 Å². The molecule has 1 atom stereocenters. The largest absolute Gasteiger partial charge is 0.494 e. The lowest BCUT2D eigenvalue weighted by atomic mass is 9.97. The second-order valence-electron chi connectivity index (χ2n) is 5.18. The fraction of sp³-hybridized carbons (Fsp3) is 0.600. The van der Waals surface area contributed by atoms with Gasteiger partial charge in [-0.05, 0) is 25.7 Å². The lowest BCUT2D eigenvalue weighted by Gasteiger charge is -2.38. The standard InChI is InChI=1S/C15H23FN2O/c1-3-6-11-7-4-5-8-18(11)14-10-15(19-2)12(16)9-13(14)17/h9-11H,3-8,17H2,1-2H3. The first kappa shape index (κ1) is 14.0. The highest BCUT2D eigenvalue weighted by Crippen LogP contribution is 2.35. The summed E-state index contributed by atoms with van der Waals surface area (Å²) in [5, 5.41) is 0. The lowest BCUT2D eigenvalue weighted by molar-refractivity contribution is 0.385. The summed E-state index contributed by atoms with van der Waals surface area (Å²) >= 11 is 0. The Balaban J connectivity index is 2.32. The topological polar surface area (TPSA) is 38.5 Å². The minimum Gasteiger partial charge on any atom is -0.494 e. The van der Waals surface area contributed by atoms with E-state index in [1.165, 1.54) is 32.4 Å². The smallest absolute Gasteiger partial charge is 0.167 e. The summed E-state index contributed by atoms with van der Waals surface area (Å²) in [4.78, 5) is 2.32. The Morgan fingerprint density at radius 2 is 2.21 bits per heavy atom. The van der Waals surface area contributed by atoms with E-state index in [0.717, 1.165) is 25.1 Å². The second-order valence-corrected chi connectivity index (χ2v) is 5.18. The predicted octanol–water partition coefficient (Wildman–Crippen LogP) is 3.58. The number of nitrogens with zero attached hydrogens (tertiary/aromatic N) is 1. The summed E-state index contributed by atoms with van der Waals surface area (Å²) in [5.74, 6) is -0.127. The highest BCUT2D eigenvalue weighted by atomic mass is 19.1. The van der Waals surface area contributed by atoms with Crippen molar-refractivity contribution in [1.82, 2.24) is 0 Å². The van der Waals surface area contributed by atoms with Crippen LogP contribution in [0.25, 0.3) is 0 Å². The Labute approximate surface area is 114 Å². The minimum absolute atomic E-state index is 0.269. The number of benzene rings is 1. The van der Waals surface area contributed by atoms with Crippen LogP contribution < -0.4 is 15.4 Å². The van der Waals surface area contributed by atoms with E-state index in [4.69, 9.17) is 10.5 Å². The molecule has 1 fully saturated rings. The average Bonchev–Trinajstić information content (AvgIpc) is 2.40. The van der Waals surface area contributed by atoms with Gasteiger partial charge in [0.05, 0.1) is 18.5 Å². The van der Waals surface area contributed by atoms with Crippen LogP contribution in [-0.4, -0.2) is 19.7 Å². The van der Waals surface area contributed by atoms with E-state index in [2.05, 4.69) is 11.8 Å². The van der Waals surface area contributed by atoms with E-state index in [1.54, 1.807) is 6.07 Å². The van der Waals surface area contributed by atoms with E-state index in [-0.39, 0.29) is 5.75 Å². The molecule has 1 aromatic carbocycles. The highest BCUT2D eigenvalue weighted by Gasteiger charge is 2.24. The monoisotopic (exact) mass is 266 g/mol. The Hall–Kier alpha value is -1.45. The number of hydrogen-bond acceptors (Lipinski definition) is 3. The van der Waals surface area contributed by atoms with E-state index < -0.39 is 5.82 Å². The Bertz CT molecular complexity index is 434. The molecule has 1 heterocycles. The molecule has 106 valence electrons. The van der Waals surface area contributed by atoms with Crippen molar-refractivity contribution in [2.75, 3.05) is 24.3 Å². The molecule has 0 saturated carbocycles. The van der Waals surface area contributed by atoms with Crippen LogP contribution in [0.4, 0.5) is 15.8 Å². The van der Waals surface area contributed by atoms with Crippen LogP contribution in [0.5, 0.6) is 5.75 Å². The van der Waals surface area contributed by atoms with Crippen LogP contribution in [0.15, 0.2) is 12.1 Å². The van der Waals surface area contributed by atoms with Gasteiger partial charge in [0.1, 0.15) is 0 Å². The zero-order valence-corrected chi connectivity index (χ0v) is 11.8. The molecule has 0 radical (unpaired) electrons. The van der Waals surface area contributed by atoms with Crippen LogP contribution in [0.3, 0.4) is 0 Å². The molecule has 2 rings (SSSR count). The van der Waals surface area contributed by atoms with Gasteiger partial charge in [0.2, 0.25) is 0 Å². The summed E-state index contributed by atoms with van der Waals surface area (Å²) in [6.07, 6.45) is 5.92. The fourth-order valence-corrected chi connectivity index (χ4v) is 2.91. The predicted molar refractivity (Wildman–Crippen MR) is 77.3 cm³/mol. The molecule has 1 aliphatic rings. The maximum atomic E-state index is 13.6. The van der Waals surface area contributed by atoms with Crippen LogP contribution >= 0.6 is 0 Å². The third-order valence-corrected chi connectivity index (χ3v) is 3.86. The summed E-state index contributed by atoms with van der Waals surface area (Å²) in [6, 6.07) is 3.61. The van der Waals surface area contributed by atoms with Gasteiger partial charge < -0.3 is 15.4 Å². The van der Waals surface area contributed by atoms with Crippen molar-refractivity contribution in [2.45, 2.75) is 45.1 Å². The SMILES string of the molecule is CCCC1CCCCN1c1cc(OC)c(F)cc1N. The van der Waals surface area contributed by atoms with Gasteiger partial charge >= 0.3 is 0 Å². The van der Waals surface area contributed by atoms with Crippen molar-refractivity contribution in [3.8, 4) is 5.75 Å². The average molecular weight is 266 g/mol. The summed E-state index contributed by atoms with van der Waals surface area (Å²) in [6.45, 7) is 3.19. The van der Waals surface area contributed by atoms with Gasteiger partial charge in [-0.25, -0.2) is 4.39 Å². The number of nitrogen functional groups attached to an aromatic ring is 1. The third-order valence-electron chi connectivity index (χ3n) is 3.86. The van der Waals surface area contributed by atoms with Gasteiger partial charge in [0.25, 0.3) is 0 Å². The number of anilines is 2. The Morgan fingerprint density at radius 1 is 1.42 bits per heavy atom. The van der Waals surface area contributed by atoms with Gasteiger partial charge in [-0.1, -0.05) is 13.3 Å². The first-order valence-corrected chi connectivity index (χ1v) is 7.07. The summed E-state index contributed by atoms with van der Waals surface area (Å²) in [7, 11) is 1.48. The van der Waals surface area contributed by atoms with Gasteiger partial charge in [-0.3, -0.25) is 0 Å². The maximum Gasteiger partial charge on any atom is 0.167 e. The molecule has 4 heteroatoms. The highest BCUT2D eigenvalue weighted by molar-refractivity contribution is 5.70. The molecular weight excluding hydrogens is 243 g/mol. The minimum atomic E-state index is -0.396. The molecule has 0 spiro atoms. The van der Waals surface area contributed by atoms with Gasteiger partial charge in [-0.2, -0.15) is 0 Å². The molecule has 0 bridgehead atoms. The molecule has 1 unspecified atom stereocenters. The third kappa shape index (κ3) is 2.94. The van der Waals surface area contributed by atoms with Crippen LogP contribution in [0, 0.1) is 5.82 Å². The summed E-state index contributed by atoms with van der Waals surface area (Å²) < 4.78 is 18.7. The first-order chi connectivity index (χ1) is 9.17. The second kappa shape index (κ2) is 6.13. The Kier molecular flexibility index (Phi) is 4.51. The van der Waals surface area contributed by atoms with E-state index in [0.29, 0.717) is 11.7 Å². The van der Waals surface area contributed by atoms with Crippen molar-refractivity contribution in [3.63, 3.8) is 0 Å². The molecule has 1 saturated heterocycles. The normalized spacial score (nSPS) is 19.5. The Morgan fingerprint density at radius 3 is 2.89 bits per heavy atom. The molecule has 0 amide bonds. The number of piperidine rings is 1. The number of rotatable bonds is 4. The molecule has 2 N–H and O–H groups in total. The van der Waals surface area contributed by atoms with Crippen LogP contribution in [-0.2, 0) is 0 Å². The van der Waals surface area contributed by atoms with Gasteiger partial charge in [0.15, 0.2) is 11.6 Å². The first-order valence-electron chi connectivity index (χ1n) is 7.07. The molecule has 0 aromatic heterocycles. The van der Waals surface area contributed by atoms with E-state index >= 15 is 0 Å².